The molecule has 0 saturated carbocycles. The maximum Gasteiger partial charge on any atom is 0.0653 e. The second-order valence-electron chi connectivity index (χ2n) is 5.01. The Balaban J connectivity index is 1.94. The van der Waals surface area contributed by atoms with Gasteiger partial charge in [0.05, 0.1) is 5.38 Å². The molecule has 2 unspecified atom stereocenters. The minimum Gasteiger partial charge on any atom is -0.117 e. The van der Waals surface area contributed by atoms with Crippen molar-refractivity contribution in [3.8, 4) is 0 Å². The summed E-state index contributed by atoms with van der Waals surface area (Å²) in [5.74, 6) is 0.457. The predicted octanol–water partition coefficient (Wildman–Crippen LogP) is 5.09. The molecule has 0 fully saturated rings. The molecule has 0 heterocycles. The second kappa shape index (κ2) is 5.16. The van der Waals surface area contributed by atoms with Gasteiger partial charge in [0.1, 0.15) is 0 Å². The number of halogens is 1. The van der Waals surface area contributed by atoms with Crippen LogP contribution < -0.4 is 0 Å². The van der Waals surface area contributed by atoms with Crippen LogP contribution in [-0.4, -0.2) is 0 Å². The number of hydrogen-bond donors (Lipinski definition) is 0. The van der Waals surface area contributed by atoms with Gasteiger partial charge in [0, 0.05) is 5.92 Å². The minimum atomic E-state index is 0.0904. The fourth-order valence-electron chi connectivity index (χ4n) is 2.96. The Morgan fingerprint density at radius 2 is 1.67 bits per heavy atom. The van der Waals surface area contributed by atoms with Gasteiger partial charge in [-0.25, -0.2) is 0 Å². The predicted molar refractivity (Wildman–Crippen MR) is 77.2 cm³/mol. The molecule has 0 aliphatic heterocycles. The lowest BCUT2D eigenvalue weighted by molar-refractivity contribution is 0.539. The molecule has 1 aliphatic rings. The molecule has 0 saturated heterocycles. The zero-order valence-electron chi connectivity index (χ0n) is 10.4. The lowest BCUT2D eigenvalue weighted by atomic mass is 9.79. The molecule has 0 N–H and O–H groups in total. The Kier molecular flexibility index (Phi) is 3.38. The number of benzene rings is 2. The molecule has 0 radical (unpaired) electrons. The van der Waals surface area contributed by atoms with E-state index in [1.54, 1.807) is 0 Å². The summed E-state index contributed by atoms with van der Waals surface area (Å²) in [4.78, 5) is 0. The van der Waals surface area contributed by atoms with Crippen LogP contribution in [0, 0.1) is 0 Å². The second-order valence-corrected chi connectivity index (χ2v) is 5.48. The summed E-state index contributed by atoms with van der Waals surface area (Å²) in [6.07, 6.45) is 3.64. The minimum absolute atomic E-state index is 0.0904. The van der Waals surface area contributed by atoms with Crippen molar-refractivity contribution in [1.29, 1.82) is 0 Å². The molecule has 0 aromatic heterocycles. The molecule has 0 spiro atoms. The first-order chi connectivity index (χ1) is 8.86. The van der Waals surface area contributed by atoms with Gasteiger partial charge in [0.2, 0.25) is 0 Å². The maximum absolute atomic E-state index is 6.71. The SMILES string of the molecule is ClC(c1ccccc1)C1CCCc2ccccc21. The van der Waals surface area contributed by atoms with E-state index in [4.69, 9.17) is 11.6 Å². The van der Waals surface area contributed by atoms with E-state index >= 15 is 0 Å². The summed E-state index contributed by atoms with van der Waals surface area (Å²) in [5, 5.41) is 0.0904. The first kappa shape index (κ1) is 11.8. The van der Waals surface area contributed by atoms with Crippen molar-refractivity contribution in [1.82, 2.24) is 0 Å². The van der Waals surface area contributed by atoms with Crippen LogP contribution in [0.1, 0.15) is 40.8 Å². The molecule has 0 amide bonds. The van der Waals surface area contributed by atoms with Crippen molar-refractivity contribution < 1.29 is 0 Å². The molecule has 1 aliphatic carbocycles. The first-order valence-electron chi connectivity index (χ1n) is 6.63. The van der Waals surface area contributed by atoms with E-state index in [1.165, 1.54) is 36.0 Å². The third-order valence-corrected chi connectivity index (χ3v) is 4.44. The summed E-state index contributed by atoms with van der Waals surface area (Å²) in [7, 11) is 0. The van der Waals surface area contributed by atoms with Crippen molar-refractivity contribution in [3.05, 3.63) is 71.3 Å². The van der Waals surface area contributed by atoms with Crippen molar-refractivity contribution in [2.75, 3.05) is 0 Å². The zero-order chi connectivity index (χ0) is 12.4. The van der Waals surface area contributed by atoms with Crippen molar-refractivity contribution >= 4 is 11.6 Å². The van der Waals surface area contributed by atoms with E-state index in [-0.39, 0.29) is 5.38 Å². The smallest absolute Gasteiger partial charge is 0.0653 e. The fraction of sp³-hybridized carbons (Fsp3) is 0.294. The molecule has 0 bridgehead atoms. The van der Waals surface area contributed by atoms with Crippen molar-refractivity contribution in [2.24, 2.45) is 0 Å². The zero-order valence-corrected chi connectivity index (χ0v) is 11.1. The average Bonchev–Trinajstić information content (AvgIpc) is 2.47. The molecule has 18 heavy (non-hydrogen) atoms. The lowest BCUT2D eigenvalue weighted by Crippen LogP contribution is -2.14. The molecule has 2 aromatic rings. The molecule has 1 heteroatoms. The summed E-state index contributed by atoms with van der Waals surface area (Å²) in [6.45, 7) is 0. The van der Waals surface area contributed by atoms with Gasteiger partial charge in [0.25, 0.3) is 0 Å². The van der Waals surface area contributed by atoms with Crippen LogP contribution >= 0.6 is 11.6 Å². The Labute approximate surface area is 114 Å². The maximum atomic E-state index is 6.71. The number of aryl methyl sites for hydroxylation is 1. The Morgan fingerprint density at radius 3 is 2.50 bits per heavy atom. The molecule has 92 valence electrons. The summed E-state index contributed by atoms with van der Waals surface area (Å²) in [6, 6.07) is 19.2. The van der Waals surface area contributed by atoms with Crippen LogP contribution in [0.15, 0.2) is 54.6 Å². The largest absolute Gasteiger partial charge is 0.117 e. The van der Waals surface area contributed by atoms with Crippen LogP contribution in [0.2, 0.25) is 0 Å². The summed E-state index contributed by atoms with van der Waals surface area (Å²) in [5.41, 5.74) is 4.17. The van der Waals surface area contributed by atoms with Crippen LogP contribution in [0.25, 0.3) is 0 Å². The van der Waals surface area contributed by atoms with E-state index < -0.39 is 0 Å². The van der Waals surface area contributed by atoms with E-state index in [2.05, 4.69) is 48.5 Å². The Hall–Kier alpha value is -1.27. The first-order valence-corrected chi connectivity index (χ1v) is 7.07. The topological polar surface area (TPSA) is 0 Å². The van der Waals surface area contributed by atoms with E-state index in [1.807, 2.05) is 6.07 Å². The van der Waals surface area contributed by atoms with Gasteiger partial charge in [-0.05, 0) is 36.0 Å². The van der Waals surface area contributed by atoms with Gasteiger partial charge in [-0.3, -0.25) is 0 Å². The van der Waals surface area contributed by atoms with Crippen molar-refractivity contribution in [2.45, 2.75) is 30.6 Å². The van der Waals surface area contributed by atoms with Gasteiger partial charge < -0.3 is 0 Å². The summed E-state index contributed by atoms with van der Waals surface area (Å²) < 4.78 is 0. The van der Waals surface area contributed by atoms with Gasteiger partial charge in [-0.1, -0.05) is 54.6 Å². The molecular weight excluding hydrogens is 240 g/mol. The molecule has 0 nitrogen and oxygen atoms in total. The molecule has 3 rings (SSSR count). The van der Waals surface area contributed by atoms with Crippen molar-refractivity contribution in [3.63, 3.8) is 0 Å². The number of hydrogen-bond acceptors (Lipinski definition) is 0. The lowest BCUT2D eigenvalue weighted by Gasteiger charge is -2.29. The molecule has 2 atom stereocenters. The van der Waals surface area contributed by atoms with E-state index in [9.17, 15) is 0 Å². The van der Waals surface area contributed by atoms with Crippen LogP contribution in [0.4, 0.5) is 0 Å². The highest BCUT2D eigenvalue weighted by Gasteiger charge is 2.27. The normalized spacial score (nSPS) is 20.2. The van der Waals surface area contributed by atoms with Gasteiger partial charge in [-0.2, -0.15) is 0 Å². The number of fused-ring (bicyclic) bond motifs is 1. The van der Waals surface area contributed by atoms with E-state index in [0.29, 0.717) is 5.92 Å². The standard InChI is InChI=1S/C17H17Cl/c18-17(14-8-2-1-3-9-14)16-12-6-10-13-7-4-5-11-15(13)16/h1-5,7-9,11,16-17H,6,10,12H2. The van der Waals surface area contributed by atoms with Crippen LogP contribution in [0.5, 0.6) is 0 Å². The quantitative estimate of drug-likeness (QED) is 0.657. The Morgan fingerprint density at radius 1 is 0.944 bits per heavy atom. The number of rotatable bonds is 2. The van der Waals surface area contributed by atoms with Gasteiger partial charge >= 0.3 is 0 Å². The third kappa shape index (κ3) is 2.18. The number of alkyl halides is 1. The van der Waals surface area contributed by atoms with Gasteiger partial charge in [0.15, 0.2) is 0 Å². The summed E-state index contributed by atoms with van der Waals surface area (Å²) >= 11 is 6.71. The molecule has 2 aromatic carbocycles. The highest BCUT2D eigenvalue weighted by Crippen LogP contribution is 2.43. The highest BCUT2D eigenvalue weighted by atomic mass is 35.5. The fourth-order valence-corrected chi connectivity index (χ4v) is 3.37. The van der Waals surface area contributed by atoms with E-state index in [0.717, 1.165) is 0 Å². The highest BCUT2D eigenvalue weighted by molar-refractivity contribution is 6.21. The average molecular weight is 257 g/mol. The van der Waals surface area contributed by atoms with Crippen LogP contribution in [0.3, 0.4) is 0 Å². The van der Waals surface area contributed by atoms with Crippen LogP contribution in [-0.2, 0) is 6.42 Å². The third-order valence-electron chi connectivity index (χ3n) is 3.89. The molecular formula is C17H17Cl. The Bertz CT molecular complexity index is 518. The monoisotopic (exact) mass is 256 g/mol. The van der Waals surface area contributed by atoms with Gasteiger partial charge in [-0.15, -0.1) is 11.6 Å².